The Labute approximate surface area is 118 Å². The summed E-state index contributed by atoms with van der Waals surface area (Å²) in [6.07, 6.45) is 0. The summed E-state index contributed by atoms with van der Waals surface area (Å²) < 4.78 is 26.7. The van der Waals surface area contributed by atoms with Crippen LogP contribution in [0.1, 0.15) is 27.7 Å². The van der Waals surface area contributed by atoms with Crippen molar-refractivity contribution in [1.29, 1.82) is 0 Å². The number of sulfonamides is 1. The number of nitrogens with one attached hydrogen (secondary N) is 2. The van der Waals surface area contributed by atoms with Crippen LogP contribution in [0.2, 0.25) is 0 Å². The Morgan fingerprint density at radius 1 is 1.30 bits per heavy atom. The molecular weight excluding hydrogens is 282 g/mol. The molecule has 0 aliphatic heterocycles. The second kappa shape index (κ2) is 5.76. The molecular formula is C12H19N3O4S. The van der Waals surface area contributed by atoms with Gasteiger partial charge in [-0.3, -0.25) is 10.1 Å². The van der Waals surface area contributed by atoms with Gasteiger partial charge in [-0.1, -0.05) is 0 Å². The Morgan fingerprint density at radius 3 is 2.35 bits per heavy atom. The molecule has 2 N–H and O–H groups in total. The highest BCUT2D eigenvalue weighted by molar-refractivity contribution is 7.89. The third kappa shape index (κ3) is 4.17. The third-order valence-electron chi connectivity index (χ3n) is 2.28. The normalized spacial score (nSPS) is 12.2. The summed E-state index contributed by atoms with van der Waals surface area (Å²) in [4.78, 5) is 10.3. The molecule has 0 saturated carbocycles. The zero-order valence-corrected chi connectivity index (χ0v) is 12.7. The highest BCUT2D eigenvalue weighted by Crippen LogP contribution is 2.27. The van der Waals surface area contributed by atoms with E-state index in [-0.39, 0.29) is 10.6 Å². The fourth-order valence-corrected chi connectivity index (χ4v) is 3.07. The van der Waals surface area contributed by atoms with Crippen molar-refractivity contribution < 1.29 is 13.3 Å². The van der Waals surface area contributed by atoms with E-state index in [1.165, 1.54) is 12.1 Å². The lowest BCUT2D eigenvalue weighted by Gasteiger charge is -2.20. The van der Waals surface area contributed by atoms with Crippen LogP contribution in [0, 0.1) is 10.1 Å². The molecule has 0 heterocycles. The Bertz CT molecular complexity index is 606. The number of benzene rings is 1. The average Bonchev–Trinajstić information content (AvgIpc) is 2.26. The number of rotatable bonds is 5. The molecule has 1 rings (SSSR count). The molecule has 0 amide bonds. The Balaban J connectivity index is 3.28. The lowest BCUT2D eigenvalue weighted by Crippen LogP contribution is -2.40. The van der Waals surface area contributed by atoms with E-state index in [2.05, 4.69) is 10.0 Å². The van der Waals surface area contributed by atoms with Gasteiger partial charge in [0.1, 0.15) is 5.69 Å². The topological polar surface area (TPSA) is 101 Å². The first-order valence-electron chi connectivity index (χ1n) is 6.13. The van der Waals surface area contributed by atoms with Crippen molar-refractivity contribution in [3.63, 3.8) is 0 Å². The number of nitro groups is 1. The lowest BCUT2D eigenvalue weighted by atomic mass is 10.1. The van der Waals surface area contributed by atoms with Crippen molar-refractivity contribution in [2.24, 2.45) is 0 Å². The lowest BCUT2D eigenvalue weighted by molar-refractivity contribution is -0.384. The highest BCUT2D eigenvalue weighted by Gasteiger charge is 2.25. The molecule has 1 aromatic rings. The largest absolute Gasteiger partial charge is 0.380 e. The van der Waals surface area contributed by atoms with Gasteiger partial charge in [0.15, 0.2) is 0 Å². The second-order valence-corrected chi connectivity index (χ2v) is 7.00. The van der Waals surface area contributed by atoms with Crippen molar-refractivity contribution in [3.8, 4) is 0 Å². The molecule has 20 heavy (non-hydrogen) atoms. The van der Waals surface area contributed by atoms with Gasteiger partial charge in [0.25, 0.3) is 5.69 Å². The fourth-order valence-electron chi connectivity index (χ4n) is 1.63. The molecule has 1 aromatic carbocycles. The molecule has 8 heteroatoms. The van der Waals surface area contributed by atoms with Crippen LogP contribution in [0.4, 0.5) is 11.4 Å². The van der Waals surface area contributed by atoms with Gasteiger partial charge in [-0.15, -0.1) is 0 Å². The van der Waals surface area contributed by atoms with E-state index in [4.69, 9.17) is 0 Å². The maximum atomic E-state index is 12.1. The van der Waals surface area contributed by atoms with Crippen LogP contribution >= 0.6 is 0 Å². The monoisotopic (exact) mass is 301 g/mol. The summed E-state index contributed by atoms with van der Waals surface area (Å²) >= 11 is 0. The minimum absolute atomic E-state index is 0.124. The predicted octanol–water partition coefficient (Wildman–Crippen LogP) is 2.10. The zero-order valence-electron chi connectivity index (χ0n) is 11.9. The van der Waals surface area contributed by atoms with E-state index < -0.39 is 20.5 Å². The Kier molecular flexibility index (Phi) is 4.72. The number of nitro benzene ring substituents is 1. The SMILES string of the molecule is CCNc1ccc(S(=O)(=O)NC(C)(C)C)cc1[N+](=O)[O-]. The van der Waals surface area contributed by atoms with E-state index in [0.29, 0.717) is 12.2 Å². The maximum absolute atomic E-state index is 12.1. The van der Waals surface area contributed by atoms with Gasteiger partial charge in [-0.25, -0.2) is 13.1 Å². The number of nitrogens with zero attached hydrogens (tertiary/aromatic N) is 1. The molecule has 0 bridgehead atoms. The van der Waals surface area contributed by atoms with E-state index in [0.717, 1.165) is 6.07 Å². The van der Waals surface area contributed by atoms with E-state index in [1.807, 2.05) is 0 Å². The van der Waals surface area contributed by atoms with Crippen LogP contribution < -0.4 is 10.0 Å². The first-order valence-corrected chi connectivity index (χ1v) is 7.61. The van der Waals surface area contributed by atoms with Crippen molar-refractivity contribution in [2.45, 2.75) is 38.1 Å². The molecule has 0 aliphatic rings. The first kappa shape index (κ1) is 16.4. The molecule has 7 nitrogen and oxygen atoms in total. The fraction of sp³-hybridized carbons (Fsp3) is 0.500. The van der Waals surface area contributed by atoms with E-state index >= 15 is 0 Å². The summed E-state index contributed by atoms with van der Waals surface area (Å²) in [7, 11) is -3.79. The molecule has 0 saturated heterocycles. The maximum Gasteiger partial charge on any atom is 0.293 e. The Morgan fingerprint density at radius 2 is 1.90 bits per heavy atom. The van der Waals surface area contributed by atoms with Crippen LogP contribution in [-0.4, -0.2) is 25.4 Å². The van der Waals surface area contributed by atoms with E-state index in [9.17, 15) is 18.5 Å². The average molecular weight is 301 g/mol. The second-order valence-electron chi connectivity index (χ2n) is 5.32. The summed E-state index contributed by atoms with van der Waals surface area (Å²) in [6.45, 7) is 7.41. The summed E-state index contributed by atoms with van der Waals surface area (Å²) in [5.74, 6) is 0. The standard InChI is InChI=1S/C12H19N3O4S/c1-5-13-10-7-6-9(8-11(10)15(16)17)20(18,19)14-12(2,3)4/h6-8,13-14H,5H2,1-4H3. The van der Waals surface area contributed by atoms with Gasteiger partial charge in [0, 0.05) is 18.2 Å². The van der Waals surface area contributed by atoms with Crippen LogP contribution in [0.3, 0.4) is 0 Å². The van der Waals surface area contributed by atoms with Crippen molar-refractivity contribution in [2.75, 3.05) is 11.9 Å². The van der Waals surface area contributed by atoms with Crippen LogP contribution in [0.15, 0.2) is 23.1 Å². The van der Waals surface area contributed by atoms with E-state index in [1.54, 1.807) is 27.7 Å². The summed E-state index contributed by atoms with van der Waals surface area (Å²) in [5.41, 5.74) is -0.621. The van der Waals surface area contributed by atoms with Gasteiger partial charge < -0.3 is 5.32 Å². The molecule has 0 aliphatic carbocycles. The predicted molar refractivity (Wildman–Crippen MR) is 77.3 cm³/mol. The minimum atomic E-state index is -3.79. The quantitative estimate of drug-likeness (QED) is 0.640. The highest BCUT2D eigenvalue weighted by atomic mass is 32.2. The smallest absolute Gasteiger partial charge is 0.293 e. The molecule has 0 aromatic heterocycles. The molecule has 0 spiro atoms. The number of hydrogen-bond acceptors (Lipinski definition) is 5. The molecule has 0 unspecified atom stereocenters. The van der Waals surface area contributed by atoms with Crippen LogP contribution in [0.5, 0.6) is 0 Å². The van der Waals surface area contributed by atoms with Gasteiger partial charge in [0.2, 0.25) is 10.0 Å². The van der Waals surface area contributed by atoms with Gasteiger partial charge >= 0.3 is 0 Å². The third-order valence-corrected chi connectivity index (χ3v) is 4.04. The van der Waals surface area contributed by atoms with Gasteiger partial charge in [-0.2, -0.15) is 0 Å². The van der Waals surface area contributed by atoms with Gasteiger partial charge in [0.05, 0.1) is 9.82 Å². The van der Waals surface area contributed by atoms with Crippen LogP contribution in [-0.2, 0) is 10.0 Å². The van der Waals surface area contributed by atoms with Crippen LogP contribution in [0.25, 0.3) is 0 Å². The van der Waals surface area contributed by atoms with Crippen molar-refractivity contribution >= 4 is 21.4 Å². The molecule has 112 valence electrons. The summed E-state index contributed by atoms with van der Waals surface area (Å²) in [6, 6.07) is 3.81. The first-order chi connectivity index (χ1) is 9.07. The number of anilines is 1. The summed E-state index contributed by atoms with van der Waals surface area (Å²) in [5, 5.41) is 13.8. The molecule has 0 atom stereocenters. The number of hydrogen-bond donors (Lipinski definition) is 2. The zero-order chi connectivity index (χ0) is 15.6. The molecule has 0 radical (unpaired) electrons. The molecule has 0 fully saturated rings. The van der Waals surface area contributed by atoms with Crippen molar-refractivity contribution in [3.05, 3.63) is 28.3 Å². The minimum Gasteiger partial charge on any atom is -0.380 e. The van der Waals surface area contributed by atoms with Gasteiger partial charge in [-0.05, 0) is 39.8 Å². The van der Waals surface area contributed by atoms with Crippen molar-refractivity contribution in [1.82, 2.24) is 4.72 Å². The Hall–Kier alpha value is -1.67.